The lowest BCUT2D eigenvalue weighted by atomic mass is 10.1. The lowest BCUT2D eigenvalue weighted by Crippen LogP contribution is -2.04. The van der Waals surface area contributed by atoms with Gasteiger partial charge < -0.3 is 9.84 Å². The van der Waals surface area contributed by atoms with Crippen LogP contribution in [0.3, 0.4) is 0 Å². The number of hydrogen-bond acceptors (Lipinski definition) is 3. The molecule has 6 heteroatoms. The van der Waals surface area contributed by atoms with Crippen molar-refractivity contribution in [3.63, 3.8) is 0 Å². The van der Waals surface area contributed by atoms with Gasteiger partial charge in [-0.05, 0) is 29.7 Å². The van der Waals surface area contributed by atoms with E-state index in [1.807, 2.05) is 13.8 Å². The average Bonchev–Trinajstić information content (AvgIpc) is 2.87. The highest BCUT2D eigenvalue weighted by molar-refractivity contribution is 7.18. The second-order valence-corrected chi connectivity index (χ2v) is 6.55. The van der Waals surface area contributed by atoms with Gasteiger partial charge in [0.15, 0.2) is 0 Å². The van der Waals surface area contributed by atoms with E-state index < -0.39 is 5.97 Å². The van der Waals surface area contributed by atoms with E-state index in [1.165, 1.54) is 0 Å². The smallest absolute Gasteiger partial charge is 0.347 e. The molecule has 22 heavy (non-hydrogen) atoms. The van der Waals surface area contributed by atoms with Gasteiger partial charge in [-0.3, -0.25) is 0 Å². The van der Waals surface area contributed by atoms with Gasteiger partial charge in [0, 0.05) is 4.88 Å². The highest BCUT2D eigenvalue weighted by Crippen LogP contribution is 2.38. The van der Waals surface area contributed by atoms with Crippen molar-refractivity contribution in [1.82, 2.24) is 0 Å². The quantitative estimate of drug-likeness (QED) is 0.749. The zero-order valence-electron chi connectivity index (χ0n) is 12.1. The molecule has 0 unspecified atom stereocenters. The number of thiophene rings is 1. The van der Waals surface area contributed by atoms with Crippen LogP contribution in [0.15, 0.2) is 24.3 Å². The van der Waals surface area contributed by atoms with Gasteiger partial charge in [-0.15, -0.1) is 11.3 Å². The molecule has 1 N–H and O–H groups in total. The first-order chi connectivity index (χ1) is 10.4. The van der Waals surface area contributed by atoms with Crippen molar-refractivity contribution in [2.24, 2.45) is 5.92 Å². The van der Waals surface area contributed by atoms with E-state index in [9.17, 15) is 4.79 Å². The fourth-order valence-electron chi connectivity index (χ4n) is 1.79. The SMILES string of the molecule is [C-]#[N+]c1cc(-c2cc(Cl)c(C(=O)O)s2)ccc1OCC(C)C. The Hall–Kier alpha value is -2.03. The fourth-order valence-corrected chi connectivity index (χ4v) is 3.05. The molecule has 4 nitrogen and oxygen atoms in total. The van der Waals surface area contributed by atoms with Gasteiger partial charge in [-0.1, -0.05) is 31.5 Å². The second kappa shape index (κ2) is 6.82. The molecule has 114 valence electrons. The number of nitrogens with zero attached hydrogens (tertiary/aromatic N) is 1. The maximum Gasteiger partial charge on any atom is 0.347 e. The van der Waals surface area contributed by atoms with Crippen LogP contribution in [0.5, 0.6) is 5.75 Å². The second-order valence-electron chi connectivity index (χ2n) is 5.09. The Morgan fingerprint density at radius 1 is 1.45 bits per heavy atom. The number of hydrogen-bond donors (Lipinski definition) is 1. The van der Waals surface area contributed by atoms with Gasteiger partial charge in [0.05, 0.1) is 18.2 Å². The predicted molar refractivity (Wildman–Crippen MR) is 88.3 cm³/mol. The van der Waals surface area contributed by atoms with E-state index in [2.05, 4.69) is 4.85 Å². The number of carbonyl (C=O) groups is 1. The van der Waals surface area contributed by atoms with Crippen LogP contribution in [0.2, 0.25) is 5.02 Å². The Morgan fingerprint density at radius 3 is 2.73 bits per heavy atom. The van der Waals surface area contributed by atoms with Crippen LogP contribution >= 0.6 is 22.9 Å². The molecule has 0 spiro atoms. The van der Waals surface area contributed by atoms with Gasteiger partial charge in [-0.2, -0.15) is 0 Å². The summed E-state index contributed by atoms with van der Waals surface area (Å²) < 4.78 is 5.62. The van der Waals surface area contributed by atoms with Crippen LogP contribution in [0.4, 0.5) is 5.69 Å². The molecular formula is C16H14ClNO3S. The van der Waals surface area contributed by atoms with E-state index >= 15 is 0 Å². The fraction of sp³-hybridized carbons (Fsp3) is 0.250. The Morgan fingerprint density at radius 2 is 2.18 bits per heavy atom. The molecule has 1 heterocycles. The number of benzene rings is 1. The first-order valence-electron chi connectivity index (χ1n) is 6.59. The predicted octanol–water partition coefficient (Wildman–Crippen LogP) is 5.35. The maximum absolute atomic E-state index is 11.1. The molecule has 2 aromatic rings. The minimum Gasteiger partial charge on any atom is -0.504 e. The zero-order chi connectivity index (χ0) is 16.3. The third-order valence-electron chi connectivity index (χ3n) is 2.82. The standard InChI is InChI=1S/C16H14ClNO3S/c1-9(2)8-21-13-5-4-10(6-12(13)18-3)14-7-11(17)15(22-14)16(19)20/h4-7,9H,8H2,1-2H3,(H,19,20). The molecule has 1 aromatic carbocycles. The summed E-state index contributed by atoms with van der Waals surface area (Å²) in [5.41, 5.74) is 1.15. The van der Waals surface area contributed by atoms with Crippen LogP contribution in [0, 0.1) is 12.5 Å². The molecule has 0 amide bonds. The molecule has 0 radical (unpaired) electrons. The third-order valence-corrected chi connectivity index (χ3v) is 4.40. The Kier molecular flexibility index (Phi) is 5.07. The molecule has 0 fully saturated rings. The van der Waals surface area contributed by atoms with E-state index in [0.717, 1.165) is 16.9 Å². The summed E-state index contributed by atoms with van der Waals surface area (Å²) in [5.74, 6) is -0.149. The van der Waals surface area contributed by atoms with Gasteiger partial charge in [0.2, 0.25) is 5.69 Å². The maximum atomic E-state index is 11.1. The van der Waals surface area contributed by atoms with Gasteiger partial charge in [-0.25, -0.2) is 9.64 Å². The molecule has 0 aliphatic heterocycles. The number of aromatic carboxylic acids is 1. The van der Waals surface area contributed by atoms with Crippen molar-refractivity contribution in [3.8, 4) is 16.2 Å². The van der Waals surface area contributed by atoms with E-state index in [1.54, 1.807) is 24.3 Å². The molecule has 1 aromatic heterocycles. The summed E-state index contributed by atoms with van der Waals surface area (Å²) in [7, 11) is 0. The Labute approximate surface area is 137 Å². The summed E-state index contributed by atoms with van der Waals surface area (Å²) in [6.45, 7) is 11.9. The highest BCUT2D eigenvalue weighted by Gasteiger charge is 2.16. The number of halogens is 1. The highest BCUT2D eigenvalue weighted by atomic mass is 35.5. The average molecular weight is 336 g/mol. The lowest BCUT2D eigenvalue weighted by molar-refractivity contribution is 0.0702. The van der Waals surface area contributed by atoms with Crippen molar-refractivity contribution < 1.29 is 14.6 Å². The summed E-state index contributed by atoms with van der Waals surface area (Å²) in [6, 6.07) is 6.83. The van der Waals surface area contributed by atoms with Crippen molar-refractivity contribution in [3.05, 3.63) is 45.6 Å². The van der Waals surface area contributed by atoms with Crippen LogP contribution in [-0.2, 0) is 0 Å². The molecule has 0 aliphatic carbocycles. The molecule has 2 rings (SSSR count). The minimum absolute atomic E-state index is 0.0983. The molecule has 0 aliphatic rings. The minimum atomic E-state index is -1.05. The summed E-state index contributed by atoms with van der Waals surface area (Å²) >= 11 is 7.01. The van der Waals surface area contributed by atoms with Crippen molar-refractivity contribution in [1.29, 1.82) is 0 Å². The normalized spacial score (nSPS) is 10.5. The lowest BCUT2D eigenvalue weighted by Gasteiger charge is -2.11. The Balaban J connectivity index is 2.35. The van der Waals surface area contributed by atoms with E-state index in [-0.39, 0.29) is 9.90 Å². The molecule has 0 saturated heterocycles. The van der Waals surface area contributed by atoms with Crippen LogP contribution in [0.25, 0.3) is 15.3 Å². The number of ether oxygens (including phenoxy) is 1. The van der Waals surface area contributed by atoms with Gasteiger partial charge in [0.1, 0.15) is 10.6 Å². The number of carboxylic acids is 1. The van der Waals surface area contributed by atoms with Gasteiger partial charge in [0.25, 0.3) is 0 Å². The first kappa shape index (κ1) is 16.3. The van der Waals surface area contributed by atoms with Crippen molar-refractivity contribution in [2.45, 2.75) is 13.8 Å². The van der Waals surface area contributed by atoms with Crippen LogP contribution in [-0.4, -0.2) is 17.7 Å². The van der Waals surface area contributed by atoms with E-state index in [4.69, 9.17) is 28.0 Å². The zero-order valence-corrected chi connectivity index (χ0v) is 13.7. The summed E-state index contributed by atoms with van der Waals surface area (Å²) in [6.07, 6.45) is 0. The molecular weight excluding hydrogens is 322 g/mol. The third kappa shape index (κ3) is 3.59. The first-order valence-corrected chi connectivity index (χ1v) is 7.79. The largest absolute Gasteiger partial charge is 0.504 e. The summed E-state index contributed by atoms with van der Waals surface area (Å²) in [4.78, 5) is 15.3. The van der Waals surface area contributed by atoms with Crippen molar-refractivity contribution >= 4 is 34.6 Å². The summed E-state index contributed by atoms with van der Waals surface area (Å²) in [5, 5.41) is 9.26. The molecule has 0 atom stereocenters. The van der Waals surface area contributed by atoms with E-state index in [0.29, 0.717) is 28.8 Å². The number of rotatable bonds is 5. The van der Waals surface area contributed by atoms with Crippen LogP contribution in [0.1, 0.15) is 23.5 Å². The monoisotopic (exact) mass is 335 g/mol. The van der Waals surface area contributed by atoms with Crippen LogP contribution < -0.4 is 4.74 Å². The van der Waals surface area contributed by atoms with Gasteiger partial charge >= 0.3 is 5.97 Å². The van der Waals surface area contributed by atoms with Crippen molar-refractivity contribution in [2.75, 3.05) is 6.61 Å². The molecule has 0 bridgehead atoms. The Bertz CT molecular complexity index is 746. The topological polar surface area (TPSA) is 50.9 Å². The molecule has 0 saturated carbocycles. The number of carboxylic acid groups (broad SMARTS) is 1.